The number of ether oxygens (including phenoxy) is 2. The van der Waals surface area contributed by atoms with Crippen LogP contribution in [-0.2, 0) is 4.74 Å². The molecule has 1 aliphatic rings. The van der Waals surface area contributed by atoms with Gasteiger partial charge in [-0.2, -0.15) is 0 Å². The van der Waals surface area contributed by atoms with Crippen LogP contribution in [0.4, 0.5) is 4.79 Å². The number of carbonyl (C=O) groups excluding carboxylic acids is 1. The number of amides is 1. The maximum Gasteiger partial charge on any atom is 0.410 e. The van der Waals surface area contributed by atoms with Crippen LogP contribution >= 0.6 is 27.5 Å². The number of carbonyl (C=O) groups is 1. The van der Waals surface area contributed by atoms with Crippen LogP contribution in [0.3, 0.4) is 0 Å². The second-order valence-electron chi connectivity index (χ2n) is 10.4. The van der Waals surface area contributed by atoms with Gasteiger partial charge in [0.05, 0.1) is 28.0 Å². The maximum absolute atomic E-state index is 13.1. The van der Waals surface area contributed by atoms with Gasteiger partial charge < -0.3 is 19.7 Å². The van der Waals surface area contributed by atoms with Crippen LogP contribution in [-0.4, -0.2) is 63.4 Å². The van der Waals surface area contributed by atoms with E-state index in [2.05, 4.69) is 31.2 Å². The highest BCUT2D eigenvalue weighted by Gasteiger charge is 2.29. The summed E-state index contributed by atoms with van der Waals surface area (Å²) in [5.41, 5.74) is -0.239. The first-order chi connectivity index (χ1) is 17.9. The van der Waals surface area contributed by atoms with Crippen LogP contribution < -0.4 is 21.3 Å². The second-order valence-corrected chi connectivity index (χ2v) is 11.7. The molecule has 1 atom stereocenters. The van der Waals surface area contributed by atoms with Crippen molar-refractivity contribution in [1.29, 1.82) is 0 Å². The Morgan fingerprint density at radius 1 is 1.32 bits per heavy atom. The van der Waals surface area contributed by atoms with E-state index in [0.29, 0.717) is 41.0 Å². The third kappa shape index (κ3) is 5.89. The lowest BCUT2D eigenvalue weighted by molar-refractivity contribution is 0.0178. The van der Waals surface area contributed by atoms with Gasteiger partial charge in [-0.1, -0.05) is 25.4 Å². The molecule has 0 spiro atoms. The molecule has 12 heteroatoms. The molecule has 3 aromatic rings. The molecule has 10 nitrogen and oxygen atoms in total. The van der Waals surface area contributed by atoms with Crippen molar-refractivity contribution in [3.8, 4) is 11.4 Å². The smallest absolute Gasteiger partial charge is 0.410 e. The summed E-state index contributed by atoms with van der Waals surface area (Å²) in [6.45, 7) is 10.9. The molecular formula is C26H31BrClN5O5. The molecule has 0 saturated carbocycles. The van der Waals surface area contributed by atoms with Crippen molar-refractivity contribution in [2.45, 2.75) is 52.2 Å². The minimum Gasteiger partial charge on any atom is -0.489 e. The average Bonchev–Trinajstić information content (AvgIpc) is 2.84. The minimum absolute atomic E-state index is 0.0248. The van der Waals surface area contributed by atoms with Crippen LogP contribution in [0.25, 0.3) is 16.6 Å². The average molecular weight is 609 g/mol. The fourth-order valence-corrected chi connectivity index (χ4v) is 4.94. The number of aromatic nitrogens is 3. The molecule has 1 aliphatic heterocycles. The van der Waals surface area contributed by atoms with E-state index in [1.54, 1.807) is 29.3 Å². The lowest BCUT2D eigenvalue weighted by atomic mass is 10.1. The van der Waals surface area contributed by atoms with E-state index >= 15 is 0 Å². The normalized spacial score (nSPS) is 16.2. The van der Waals surface area contributed by atoms with Crippen molar-refractivity contribution in [2.75, 3.05) is 26.2 Å². The number of H-pyrrole nitrogens is 1. The first-order valence-electron chi connectivity index (χ1n) is 12.3. The molecule has 1 amide bonds. The fourth-order valence-electron chi connectivity index (χ4n) is 4.34. The Morgan fingerprint density at radius 3 is 2.74 bits per heavy atom. The predicted molar refractivity (Wildman–Crippen MR) is 150 cm³/mol. The molecule has 204 valence electrons. The first kappa shape index (κ1) is 28.1. The van der Waals surface area contributed by atoms with Crippen molar-refractivity contribution in [3.63, 3.8) is 0 Å². The van der Waals surface area contributed by atoms with E-state index in [4.69, 9.17) is 21.1 Å². The zero-order valence-electron chi connectivity index (χ0n) is 21.9. The van der Waals surface area contributed by atoms with Crippen LogP contribution in [0, 0.1) is 0 Å². The number of nitrogens with one attached hydrogen (secondary N) is 2. The third-order valence-electron chi connectivity index (χ3n) is 5.99. The van der Waals surface area contributed by atoms with Gasteiger partial charge in [0.2, 0.25) is 0 Å². The van der Waals surface area contributed by atoms with Gasteiger partial charge in [-0.15, -0.1) is 0 Å². The molecule has 4 rings (SSSR count). The molecule has 0 bridgehead atoms. The maximum atomic E-state index is 13.1. The Labute approximate surface area is 233 Å². The largest absolute Gasteiger partial charge is 0.489 e. The molecule has 0 radical (unpaired) electrons. The van der Waals surface area contributed by atoms with Gasteiger partial charge in [-0.25, -0.2) is 9.59 Å². The van der Waals surface area contributed by atoms with Gasteiger partial charge in [-0.05, 0) is 60.8 Å². The molecule has 1 unspecified atom stereocenters. The first-order valence-corrected chi connectivity index (χ1v) is 13.5. The van der Waals surface area contributed by atoms with E-state index < -0.39 is 22.9 Å². The minimum atomic E-state index is -0.618. The molecular weight excluding hydrogens is 578 g/mol. The van der Waals surface area contributed by atoms with Crippen molar-refractivity contribution in [1.82, 2.24) is 24.8 Å². The van der Waals surface area contributed by atoms with E-state index in [9.17, 15) is 14.4 Å². The van der Waals surface area contributed by atoms with E-state index in [-0.39, 0.29) is 34.7 Å². The summed E-state index contributed by atoms with van der Waals surface area (Å²) >= 11 is 10.1. The van der Waals surface area contributed by atoms with Crippen LogP contribution in [0.1, 0.15) is 46.2 Å². The number of pyridine rings is 1. The van der Waals surface area contributed by atoms with Crippen molar-refractivity contribution in [2.24, 2.45) is 0 Å². The summed E-state index contributed by atoms with van der Waals surface area (Å²) < 4.78 is 13.5. The summed E-state index contributed by atoms with van der Waals surface area (Å²) in [5.74, 6) is 0.161. The lowest BCUT2D eigenvalue weighted by Crippen LogP contribution is -2.55. The molecule has 1 saturated heterocycles. The zero-order valence-corrected chi connectivity index (χ0v) is 24.3. The second kappa shape index (κ2) is 11.1. The Balaban J connectivity index is 1.72. The summed E-state index contributed by atoms with van der Waals surface area (Å²) in [6, 6.07) is 4.90. The number of rotatable bonds is 5. The van der Waals surface area contributed by atoms with Crippen molar-refractivity contribution in [3.05, 3.63) is 60.4 Å². The molecule has 1 fully saturated rings. The van der Waals surface area contributed by atoms with Crippen molar-refractivity contribution >= 4 is 44.5 Å². The number of halogens is 2. The quantitative estimate of drug-likeness (QED) is 0.446. The molecule has 38 heavy (non-hydrogen) atoms. The zero-order chi connectivity index (χ0) is 27.8. The third-order valence-corrected chi connectivity index (χ3v) is 7.22. The highest BCUT2D eigenvalue weighted by molar-refractivity contribution is 9.10. The summed E-state index contributed by atoms with van der Waals surface area (Å²) in [4.78, 5) is 47.2. The number of hydrogen-bond acceptors (Lipinski definition) is 7. The molecule has 2 aromatic heterocycles. The van der Waals surface area contributed by atoms with E-state index in [1.807, 2.05) is 34.6 Å². The van der Waals surface area contributed by atoms with E-state index in [0.717, 1.165) is 0 Å². The Bertz CT molecular complexity index is 1480. The van der Waals surface area contributed by atoms with Gasteiger partial charge >= 0.3 is 11.8 Å². The Morgan fingerprint density at radius 2 is 2.05 bits per heavy atom. The molecule has 0 aliphatic carbocycles. The number of hydrogen-bond donors (Lipinski definition) is 2. The summed E-state index contributed by atoms with van der Waals surface area (Å²) in [7, 11) is 0. The molecule has 1 aromatic carbocycles. The molecule has 2 N–H and O–H groups in total. The van der Waals surface area contributed by atoms with Crippen LogP contribution in [0.2, 0.25) is 5.02 Å². The lowest BCUT2D eigenvalue weighted by Gasteiger charge is -2.34. The SMILES string of the molecule is CC(C)c1ncccc1-n1c(=O)[nH]c(=O)c2c(OCC3CN(C(=O)OC(C)(C)C)CCN3)c(Cl)c(Br)cc21. The Hall–Kier alpha value is -2.89. The Kier molecular flexibility index (Phi) is 8.20. The summed E-state index contributed by atoms with van der Waals surface area (Å²) in [5, 5.41) is 3.65. The molecule has 3 heterocycles. The topological polar surface area (TPSA) is 119 Å². The highest BCUT2D eigenvalue weighted by Crippen LogP contribution is 2.38. The van der Waals surface area contributed by atoms with Gasteiger partial charge in [0, 0.05) is 30.3 Å². The van der Waals surface area contributed by atoms with Gasteiger partial charge in [0.1, 0.15) is 17.6 Å². The van der Waals surface area contributed by atoms with Gasteiger partial charge in [0.15, 0.2) is 5.75 Å². The number of fused-ring (bicyclic) bond motifs is 1. The van der Waals surface area contributed by atoms with Crippen LogP contribution in [0.15, 0.2) is 38.5 Å². The number of piperazine rings is 1. The van der Waals surface area contributed by atoms with Gasteiger partial charge in [0.25, 0.3) is 5.56 Å². The monoisotopic (exact) mass is 607 g/mol. The standard InChI is InChI=1S/C26H31BrClN5O5/c1-14(2)21-17(7-6-8-30-21)33-18-11-16(27)20(28)22(19(18)23(34)31-24(33)35)37-13-15-12-32(10-9-29-15)25(36)38-26(3,4)5/h6-8,11,14-15,29H,9-10,12-13H2,1-5H3,(H,31,34,35). The van der Waals surface area contributed by atoms with Crippen LogP contribution in [0.5, 0.6) is 5.75 Å². The number of nitrogens with zero attached hydrogens (tertiary/aromatic N) is 3. The predicted octanol–water partition coefficient (Wildman–Crippen LogP) is 4.20. The van der Waals surface area contributed by atoms with Crippen molar-refractivity contribution < 1.29 is 14.3 Å². The highest BCUT2D eigenvalue weighted by atomic mass is 79.9. The van der Waals surface area contributed by atoms with E-state index in [1.165, 1.54) is 4.57 Å². The number of benzene rings is 1. The van der Waals surface area contributed by atoms with Gasteiger partial charge in [-0.3, -0.25) is 19.3 Å². The fraction of sp³-hybridized carbons (Fsp3) is 0.462. The number of aromatic amines is 1. The summed E-state index contributed by atoms with van der Waals surface area (Å²) in [6.07, 6.45) is 1.27.